The van der Waals surface area contributed by atoms with Crippen molar-refractivity contribution in [2.45, 2.75) is 30.8 Å². The van der Waals surface area contributed by atoms with Gasteiger partial charge in [-0.05, 0) is 18.9 Å². The first-order chi connectivity index (χ1) is 9.56. The lowest BCUT2D eigenvalue weighted by Gasteiger charge is -2.30. The van der Waals surface area contributed by atoms with Gasteiger partial charge in [0.25, 0.3) is 0 Å². The summed E-state index contributed by atoms with van der Waals surface area (Å²) in [5.74, 6) is -1.52. The van der Waals surface area contributed by atoms with Crippen molar-refractivity contribution in [2.75, 3.05) is 14.2 Å². The number of rotatable bonds is 3. The van der Waals surface area contributed by atoms with Crippen LogP contribution >= 0.6 is 0 Å². The van der Waals surface area contributed by atoms with E-state index in [9.17, 15) is 9.59 Å². The Balaban J connectivity index is 2.52. The summed E-state index contributed by atoms with van der Waals surface area (Å²) < 4.78 is 9.72. The minimum Gasteiger partial charge on any atom is -0.467 e. The number of esters is 2. The van der Waals surface area contributed by atoms with Crippen LogP contribution in [0, 0.1) is 0 Å². The van der Waals surface area contributed by atoms with Gasteiger partial charge in [-0.2, -0.15) is 0 Å². The van der Waals surface area contributed by atoms with Gasteiger partial charge >= 0.3 is 11.9 Å². The molecule has 1 aromatic carbocycles. The zero-order chi connectivity index (χ0) is 14.8. The van der Waals surface area contributed by atoms with Crippen LogP contribution in [-0.2, 0) is 19.1 Å². The Morgan fingerprint density at radius 1 is 1.15 bits per heavy atom. The second-order valence-corrected chi connectivity index (χ2v) is 5.04. The lowest BCUT2D eigenvalue weighted by Crippen LogP contribution is -2.59. The maximum atomic E-state index is 12.3. The van der Waals surface area contributed by atoms with Crippen molar-refractivity contribution in [1.82, 2.24) is 5.32 Å². The third-order valence-electron chi connectivity index (χ3n) is 3.80. The van der Waals surface area contributed by atoms with Crippen LogP contribution in [0.2, 0.25) is 0 Å². The molecule has 5 heteroatoms. The fourth-order valence-corrected chi connectivity index (χ4v) is 2.96. The maximum Gasteiger partial charge on any atom is 0.338 e. The predicted molar refractivity (Wildman–Crippen MR) is 73.2 cm³/mol. The average Bonchev–Trinajstić information content (AvgIpc) is 2.85. The van der Waals surface area contributed by atoms with Crippen molar-refractivity contribution in [1.29, 1.82) is 0 Å². The van der Waals surface area contributed by atoms with E-state index in [1.807, 2.05) is 37.3 Å². The summed E-state index contributed by atoms with van der Waals surface area (Å²) in [5, 5.41) is 3.07. The molecule has 1 aliphatic rings. The van der Waals surface area contributed by atoms with Crippen molar-refractivity contribution in [2.24, 2.45) is 0 Å². The van der Waals surface area contributed by atoms with Gasteiger partial charge in [-0.15, -0.1) is 0 Å². The molecule has 1 N–H and O–H groups in total. The van der Waals surface area contributed by atoms with Gasteiger partial charge in [0.15, 0.2) is 0 Å². The Kier molecular flexibility index (Phi) is 4.09. The van der Waals surface area contributed by atoms with Gasteiger partial charge in [0.2, 0.25) is 5.54 Å². The molecule has 1 heterocycles. The number of hydrogen-bond acceptors (Lipinski definition) is 5. The zero-order valence-corrected chi connectivity index (χ0v) is 11.9. The summed E-state index contributed by atoms with van der Waals surface area (Å²) >= 11 is 0. The molecule has 1 aromatic rings. The molecule has 0 unspecified atom stereocenters. The van der Waals surface area contributed by atoms with Gasteiger partial charge in [0.1, 0.15) is 0 Å². The average molecular weight is 277 g/mol. The highest BCUT2D eigenvalue weighted by atomic mass is 16.5. The van der Waals surface area contributed by atoms with Crippen molar-refractivity contribution >= 4 is 11.9 Å². The van der Waals surface area contributed by atoms with Crippen LogP contribution < -0.4 is 5.32 Å². The van der Waals surface area contributed by atoms with E-state index in [2.05, 4.69) is 5.32 Å². The summed E-state index contributed by atoms with van der Waals surface area (Å²) in [6, 6.07) is 9.50. The highest BCUT2D eigenvalue weighted by Gasteiger charge is 2.59. The first-order valence-electron chi connectivity index (χ1n) is 6.55. The summed E-state index contributed by atoms with van der Waals surface area (Å²) in [5.41, 5.74) is -0.551. The van der Waals surface area contributed by atoms with E-state index in [1.54, 1.807) is 0 Å². The molecule has 0 saturated carbocycles. The van der Waals surface area contributed by atoms with Crippen molar-refractivity contribution in [3.05, 3.63) is 35.9 Å². The molecule has 0 spiro atoms. The minimum atomic E-state index is -1.47. The van der Waals surface area contributed by atoms with Crippen LogP contribution in [0.4, 0.5) is 0 Å². The van der Waals surface area contributed by atoms with E-state index in [0.717, 1.165) is 5.56 Å². The van der Waals surface area contributed by atoms with Gasteiger partial charge < -0.3 is 9.47 Å². The van der Waals surface area contributed by atoms with Crippen LogP contribution in [0.5, 0.6) is 0 Å². The molecule has 0 bridgehead atoms. The van der Waals surface area contributed by atoms with E-state index in [4.69, 9.17) is 9.47 Å². The monoisotopic (exact) mass is 277 g/mol. The highest BCUT2D eigenvalue weighted by molar-refractivity contribution is 6.06. The first-order valence-corrected chi connectivity index (χ1v) is 6.55. The van der Waals surface area contributed by atoms with E-state index < -0.39 is 17.5 Å². The molecular weight excluding hydrogens is 258 g/mol. The number of nitrogens with one attached hydrogen (secondary N) is 1. The molecule has 108 valence electrons. The predicted octanol–water partition coefficient (Wildman–Crippen LogP) is 1.24. The van der Waals surface area contributed by atoms with Crippen molar-refractivity contribution in [3.8, 4) is 0 Å². The van der Waals surface area contributed by atoms with Crippen LogP contribution in [0.3, 0.4) is 0 Å². The highest BCUT2D eigenvalue weighted by Crippen LogP contribution is 2.40. The van der Waals surface area contributed by atoms with Crippen molar-refractivity contribution in [3.63, 3.8) is 0 Å². The van der Waals surface area contributed by atoms with Gasteiger partial charge in [0.05, 0.1) is 14.2 Å². The van der Waals surface area contributed by atoms with Gasteiger partial charge in [-0.1, -0.05) is 30.3 Å². The normalized spacial score (nSPS) is 24.1. The lowest BCUT2D eigenvalue weighted by atomic mass is 9.80. The second-order valence-electron chi connectivity index (χ2n) is 5.04. The Morgan fingerprint density at radius 2 is 1.70 bits per heavy atom. The molecule has 5 nitrogen and oxygen atoms in total. The minimum absolute atomic E-state index is 0.0124. The Labute approximate surface area is 118 Å². The smallest absolute Gasteiger partial charge is 0.338 e. The number of hydrogen-bond donors (Lipinski definition) is 1. The van der Waals surface area contributed by atoms with Crippen LogP contribution in [0.1, 0.15) is 24.8 Å². The Hall–Kier alpha value is -1.88. The van der Waals surface area contributed by atoms with Gasteiger partial charge in [-0.25, -0.2) is 9.59 Å². The molecule has 2 rings (SSSR count). The largest absolute Gasteiger partial charge is 0.467 e. The number of methoxy groups -OCH3 is 2. The maximum absolute atomic E-state index is 12.3. The third kappa shape index (κ3) is 2.18. The van der Waals surface area contributed by atoms with Crippen LogP contribution in [0.25, 0.3) is 0 Å². The summed E-state index contributed by atoms with van der Waals surface area (Å²) in [6.07, 6.45) is 0.661. The molecule has 0 aliphatic carbocycles. The molecular formula is C15H19NO4. The molecule has 0 radical (unpaired) electrons. The number of carbonyl (C=O) groups excluding carboxylic acids is 2. The third-order valence-corrected chi connectivity index (χ3v) is 3.80. The number of benzene rings is 1. The lowest BCUT2D eigenvalue weighted by molar-refractivity contribution is -0.163. The number of ether oxygens (including phenoxy) is 2. The molecule has 0 amide bonds. The second kappa shape index (κ2) is 5.63. The Bertz CT molecular complexity index is 484. The molecule has 2 atom stereocenters. The van der Waals surface area contributed by atoms with E-state index >= 15 is 0 Å². The Morgan fingerprint density at radius 3 is 2.20 bits per heavy atom. The van der Waals surface area contributed by atoms with E-state index in [0.29, 0.717) is 6.42 Å². The van der Waals surface area contributed by atoms with Crippen molar-refractivity contribution < 1.29 is 19.1 Å². The quantitative estimate of drug-likeness (QED) is 0.665. The summed E-state index contributed by atoms with van der Waals surface area (Å²) in [4.78, 5) is 24.6. The molecule has 1 fully saturated rings. The van der Waals surface area contributed by atoms with Gasteiger partial charge in [-0.3, -0.25) is 5.32 Å². The number of carbonyl (C=O) groups is 2. The standard InChI is InChI=1S/C15H19NO4/c1-10-9-12(11-7-5-4-6-8-11)15(16-10,13(17)19-2)14(18)20-3/h4-8,10,12,16H,9H2,1-3H3/t10-,12-/m0/s1. The van der Waals surface area contributed by atoms with Gasteiger partial charge in [0, 0.05) is 12.0 Å². The zero-order valence-electron chi connectivity index (χ0n) is 11.9. The van der Waals surface area contributed by atoms with Crippen LogP contribution in [0.15, 0.2) is 30.3 Å². The SMILES string of the molecule is COC(=O)C1(C(=O)OC)N[C@@H](C)C[C@H]1c1ccccc1. The molecule has 1 saturated heterocycles. The molecule has 20 heavy (non-hydrogen) atoms. The topological polar surface area (TPSA) is 64.6 Å². The first kappa shape index (κ1) is 14.5. The fourth-order valence-electron chi connectivity index (χ4n) is 2.96. The molecule has 1 aliphatic heterocycles. The van der Waals surface area contributed by atoms with E-state index in [1.165, 1.54) is 14.2 Å². The summed E-state index contributed by atoms with van der Waals surface area (Å²) in [7, 11) is 2.56. The van der Waals surface area contributed by atoms with E-state index in [-0.39, 0.29) is 12.0 Å². The fraction of sp³-hybridized carbons (Fsp3) is 0.467. The van der Waals surface area contributed by atoms with Crippen LogP contribution in [-0.4, -0.2) is 37.7 Å². The molecule has 0 aromatic heterocycles. The summed E-state index contributed by atoms with van der Waals surface area (Å²) in [6.45, 7) is 1.93.